The van der Waals surface area contributed by atoms with Gasteiger partial charge in [0, 0.05) is 5.02 Å². The van der Waals surface area contributed by atoms with Gasteiger partial charge in [-0.2, -0.15) is 0 Å². The van der Waals surface area contributed by atoms with Crippen LogP contribution >= 0.6 is 11.6 Å². The molecule has 0 saturated carbocycles. The minimum Gasteiger partial charge on any atom is -0.495 e. The van der Waals surface area contributed by atoms with Gasteiger partial charge in [-0.15, -0.1) is 0 Å². The van der Waals surface area contributed by atoms with E-state index in [-0.39, 0.29) is 0 Å². The monoisotopic (exact) mass is 279 g/mol. The maximum Gasteiger partial charge on any atom is 0.134 e. The predicted molar refractivity (Wildman–Crippen MR) is 81.9 cm³/mol. The molecule has 0 fully saturated rings. The third-order valence-electron chi connectivity index (χ3n) is 2.77. The summed E-state index contributed by atoms with van der Waals surface area (Å²) < 4.78 is 5.28. The minimum absolute atomic E-state index is 0.684. The normalized spacial score (nSPS) is 10.2. The van der Waals surface area contributed by atoms with E-state index in [2.05, 4.69) is 30.6 Å². The summed E-state index contributed by atoms with van der Waals surface area (Å²) in [6.45, 7) is 7.36. The van der Waals surface area contributed by atoms with Crippen LogP contribution in [0.4, 0.5) is 0 Å². The molecular weight excluding hydrogens is 258 g/mol. The van der Waals surface area contributed by atoms with E-state index in [4.69, 9.17) is 16.3 Å². The van der Waals surface area contributed by atoms with Crippen molar-refractivity contribution in [3.63, 3.8) is 0 Å². The zero-order valence-electron chi connectivity index (χ0n) is 12.0. The second kappa shape index (κ2) is 8.85. The van der Waals surface area contributed by atoms with Crippen LogP contribution in [0.15, 0.2) is 18.2 Å². The van der Waals surface area contributed by atoms with Crippen molar-refractivity contribution in [3.8, 4) is 17.6 Å². The quantitative estimate of drug-likeness (QED) is 0.734. The Bertz CT molecular complexity index is 442. The molecule has 19 heavy (non-hydrogen) atoms. The van der Waals surface area contributed by atoms with E-state index in [1.807, 2.05) is 18.2 Å². The maximum atomic E-state index is 5.98. The summed E-state index contributed by atoms with van der Waals surface area (Å²) in [6.07, 6.45) is 2.31. The molecule has 1 rings (SSSR count). The summed E-state index contributed by atoms with van der Waals surface area (Å²) in [6, 6.07) is 5.51. The van der Waals surface area contributed by atoms with Crippen molar-refractivity contribution >= 4 is 11.6 Å². The van der Waals surface area contributed by atoms with Gasteiger partial charge in [0.2, 0.25) is 0 Å². The molecule has 0 amide bonds. The van der Waals surface area contributed by atoms with Crippen molar-refractivity contribution in [3.05, 3.63) is 28.8 Å². The van der Waals surface area contributed by atoms with Crippen molar-refractivity contribution in [2.24, 2.45) is 0 Å². The Balaban J connectivity index is 2.73. The summed E-state index contributed by atoms with van der Waals surface area (Å²) in [5, 5.41) is 0.684. The van der Waals surface area contributed by atoms with Gasteiger partial charge in [0.25, 0.3) is 0 Å². The zero-order valence-corrected chi connectivity index (χ0v) is 12.8. The van der Waals surface area contributed by atoms with Crippen LogP contribution in [-0.4, -0.2) is 31.6 Å². The molecule has 2 nitrogen and oxygen atoms in total. The van der Waals surface area contributed by atoms with E-state index in [1.165, 1.54) is 0 Å². The molecule has 0 heterocycles. The molecule has 0 unspecified atom stereocenters. The zero-order chi connectivity index (χ0) is 14.1. The molecule has 3 heteroatoms. The average molecular weight is 280 g/mol. The van der Waals surface area contributed by atoms with Crippen molar-refractivity contribution in [1.82, 2.24) is 4.90 Å². The van der Waals surface area contributed by atoms with Gasteiger partial charge < -0.3 is 4.74 Å². The first kappa shape index (κ1) is 15.9. The van der Waals surface area contributed by atoms with Crippen molar-refractivity contribution in [2.45, 2.75) is 26.7 Å². The van der Waals surface area contributed by atoms with Gasteiger partial charge in [-0.3, -0.25) is 4.90 Å². The predicted octanol–water partition coefficient (Wildman–Crippen LogP) is 3.82. The van der Waals surface area contributed by atoms with E-state index in [1.54, 1.807) is 7.11 Å². The van der Waals surface area contributed by atoms with E-state index in [9.17, 15) is 0 Å². The van der Waals surface area contributed by atoms with E-state index in [0.717, 1.165) is 43.8 Å². The van der Waals surface area contributed by atoms with E-state index >= 15 is 0 Å². The molecular formula is C16H22ClNO. The summed E-state index contributed by atoms with van der Waals surface area (Å²) >= 11 is 5.98. The smallest absolute Gasteiger partial charge is 0.134 e. The number of ether oxygens (including phenoxy) is 1. The van der Waals surface area contributed by atoms with Crippen LogP contribution in [0.3, 0.4) is 0 Å². The van der Waals surface area contributed by atoms with Gasteiger partial charge in [0.05, 0.1) is 19.2 Å². The summed E-state index contributed by atoms with van der Waals surface area (Å²) in [5.41, 5.74) is 0.850. The first-order chi connectivity index (χ1) is 9.21. The average Bonchev–Trinajstić information content (AvgIpc) is 2.39. The molecule has 0 radical (unpaired) electrons. The number of methoxy groups -OCH3 is 1. The Morgan fingerprint density at radius 1 is 1.21 bits per heavy atom. The summed E-state index contributed by atoms with van der Waals surface area (Å²) in [4.78, 5) is 2.37. The Morgan fingerprint density at radius 3 is 2.47 bits per heavy atom. The first-order valence-electron chi connectivity index (χ1n) is 6.76. The molecule has 1 aromatic carbocycles. The Morgan fingerprint density at radius 2 is 1.89 bits per heavy atom. The lowest BCUT2D eigenvalue weighted by molar-refractivity contribution is 0.308. The highest BCUT2D eigenvalue weighted by Gasteiger charge is 2.01. The fourth-order valence-electron chi connectivity index (χ4n) is 1.93. The van der Waals surface area contributed by atoms with Crippen LogP contribution in [0, 0.1) is 11.8 Å². The van der Waals surface area contributed by atoms with Crippen molar-refractivity contribution in [2.75, 3.05) is 26.7 Å². The molecule has 0 spiro atoms. The van der Waals surface area contributed by atoms with Crippen LogP contribution < -0.4 is 4.74 Å². The SMILES string of the molecule is CCCN(CC#Cc1cc(Cl)ccc1OC)CCC. The number of benzene rings is 1. The Kier molecular flexibility index (Phi) is 7.40. The van der Waals surface area contributed by atoms with Crippen LogP contribution in [-0.2, 0) is 0 Å². The van der Waals surface area contributed by atoms with Gasteiger partial charge >= 0.3 is 0 Å². The van der Waals surface area contributed by atoms with Crippen molar-refractivity contribution < 1.29 is 4.74 Å². The third kappa shape index (κ3) is 5.55. The Labute approximate surface area is 121 Å². The van der Waals surface area contributed by atoms with Crippen LogP contribution in [0.5, 0.6) is 5.75 Å². The van der Waals surface area contributed by atoms with Gasteiger partial charge in [0.1, 0.15) is 5.75 Å². The number of rotatable bonds is 6. The Hall–Kier alpha value is -1.17. The molecule has 0 aliphatic rings. The molecule has 104 valence electrons. The molecule has 0 aliphatic heterocycles. The van der Waals surface area contributed by atoms with Gasteiger partial charge in [-0.05, 0) is 44.1 Å². The summed E-state index contributed by atoms with van der Waals surface area (Å²) in [7, 11) is 1.65. The fraction of sp³-hybridized carbons (Fsp3) is 0.500. The number of hydrogen-bond acceptors (Lipinski definition) is 2. The minimum atomic E-state index is 0.684. The standard InChI is InChI=1S/C16H22ClNO/c1-4-10-18(11-5-2)12-6-7-14-13-15(17)8-9-16(14)19-3/h8-9,13H,4-5,10-12H2,1-3H3. The molecule has 0 bridgehead atoms. The van der Waals surface area contributed by atoms with Gasteiger partial charge in [-0.1, -0.05) is 37.3 Å². The first-order valence-corrected chi connectivity index (χ1v) is 7.13. The van der Waals surface area contributed by atoms with E-state index in [0.29, 0.717) is 5.02 Å². The second-order valence-corrected chi connectivity index (χ2v) is 4.86. The highest BCUT2D eigenvalue weighted by atomic mass is 35.5. The lowest BCUT2D eigenvalue weighted by Crippen LogP contribution is -2.25. The number of nitrogens with zero attached hydrogens (tertiary/aromatic N) is 1. The number of hydrogen-bond donors (Lipinski definition) is 0. The van der Waals surface area contributed by atoms with E-state index < -0.39 is 0 Å². The fourth-order valence-corrected chi connectivity index (χ4v) is 2.10. The highest BCUT2D eigenvalue weighted by molar-refractivity contribution is 6.30. The molecule has 0 aliphatic carbocycles. The molecule has 1 aromatic rings. The van der Waals surface area contributed by atoms with Gasteiger partial charge in [-0.25, -0.2) is 0 Å². The largest absolute Gasteiger partial charge is 0.495 e. The van der Waals surface area contributed by atoms with Crippen LogP contribution in [0.2, 0.25) is 5.02 Å². The maximum absolute atomic E-state index is 5.98. The molecule has 0 atom stereocenters. The highest BCUT2D eigenvalue weighted by Crippen LogP contribution is 2.21. The van der Waals surface area contributed by atoms with Crippen LogP contribution in [0.25, 0.3) is 0 Å². The van der Waals surface area contributed by atoms with Gasteiger partial charge in [0.15, 0.2) is 0 Å². The molecule has 0 aromatic heterocycles. The lowest BCUT2D eigenvalue weighted by atomic mass is 10.2. The second-order valence-electron chi connectivity index (χ2n) is 4.42. The molecule has 0 saturated heterocycles. The summed E-state index contributed by atoms with van der Waals surface area (Å²) in [5.74, 6) is 7.13. The van der Waals surface area contributed by atoms with Crippen molar-refractivity contribution in [1.29, 1.82) is 0 Å². The third-order valence-corrected chi connectivity index (χ3v) is 3.00. The lowest BCUT2D eigenvalue weighted by Gasteiger charge is -2.17. The molecule has 0 N–H and O–H groups in total. The van der Waals surface area contributed by atoms with Crippen LogP contribution in [0.1, 0.15) is 32.3 Å². The topological polar surface area (TPSA) is 12.5 Å². The number of halogens is 1.